The van der Waals surface area contributed by atoms with Crippen LogP contribution in [0.2, 0.25) is 0 Å². The minimum absolute atomic E-state index is 1.00. The summed E-state index contributed by atoms with van der Waals surface area (Å²) in [5.41, 5.74) is 0. The van der Waals surface area contributed by atoms with Crippen molar-refractivity contribution < 1.29 is 0 Å². The minimum atomic E-state index is 1.00. The lowest BCUT2D eigenvalue weighted by atomic mass is 10.4. The summed E-state index contributed by atoms with van der Waals surface area (Å²) in [7, 11) is 0. The van der Waals surface area contributed by atoms with Gasteiger partial charge in [-0.15, -0.1) is 11.3 Å². The maximum atomic E-state index is 3.44. The Hall–Kier alpha value is 0.490. The normalized spacial score (nSPS) is 10.6. The van der Waals surface area contributed by atoms with E-state index in [1.807, 2.05) is 11.8 Å². The first-order valence-corrected chi connectivity index (χ1v) is 7.17. The van der Waals surface area contributed by atoms with E-state index in [9.17, 15) is 0 Å². The van der Waals surface area contributed by atoms with E-state index < -0.39 is 0 Å². The molecule has 0 amide bonds. The molecule has 0 aliphatic carbocycles. The molecule has 74 valence electrons. The Kier molecular flexibility index (Phi) is 6.11. The van der Waals surface area contributed by atoms with E-state index >= 15 is 0 Å². The SMILES string of the molecule is CCSCCNCc1cc(Br)cs1. The van der Waals surface area contributed by atoms with Crippen LogP contribution in [0.1, 0.15) is 11.8 Å². The van der Waals surface area contributed by atoms with Crippen LogP contribution in [0, 0.1) is 0 Å². The van der Waals surface area contributed by atoms with Crippen LogP contribution in [-0.2, 0) is 6.54 Å². The van der Waals surface area contributed by atoms with Gasteiger partial charge in [0.05, 0.1) is 0 Å². The number of rotatable bonds is 6. The molecular formula is C9H14BrNS2. The maximum Gasteiger partial charge on any atom is 0.0300 e. The van der Waals surface area contributed by atoms with Crippen molar-refractivity contribution in [2.75, 3.05) is 18.1 Å². The first kappa shape index (κ1) is 11.6. The van der Waals surface area contributed by atoms with Gasteiger partial charge in [0.2, 0.25) is 0 Å². The predicted octanol–water partition coefficient (Wildman–Crippen LogP) is 3.35. The van der Waals surface area contributed by atoms with Gasteiger partial charge in [-0.25, -0.2) is 0 Å². The van der Waals surface area contributed by atoms with Crippen molar-refractivity contribution in [3.05, 3.63) is 20.8 Å². The van der Waals surface area contributed by atoms with Crippen molar-refractivity contribution in [2.24, 2.45) is 0 Å². The van der Waals surface area contributed by atoms with Gasteiger partial charge in [-0.05, 0) is 27.7 Å². The molecule has 4 heteroatoms. The zero-order valence-corrected chi connectivity index (χ0v) is 10.9. The second-order valence-corrected chi connectivity index (χ2v) is 5.91. The van der Waals surface area contributed by atoms with E-state index in [2.05, 4.69) is 39.6 Å². The van der Waals surface area contributed by atoms with Crippen LogP contribution in [0.5, 0.6) is 0 Å². The number of thiophene rings is 1. The molecule has 13 heavy (non-hydrogen) atoms. The fourth-order valence-corrected chi connectivity index (χ4v) is 2.94. The molecule has 0 saturated heterocycles. The zero-order valence-electron chi connectivity index (χ0n) is 7.68. The smallest absolute Gasteiger partial charge is 0.0300 e. The van der Waals surface area contributed by atoms with Crippen molar-refractivity contribution >= 4 is 39.0 Å². The van der Waals surface area contributed by atoms with Crippen molar-refractivity contribution in [3.63, 3.8) is 0 Å². The quantitative estimate of drug-likeness (QED) is 0.802. The summed E-state index contributed by atoms with van der Waals surface area (Å²) in [5, 5.41) is 5.54. The third-order valence-corrected chi connectivity index (χ3v) is 4.15. The van der Waals surface area contributed by atoms with Crippen LogP contribution in [0.25, 0.3) is 0 Å². The van der Waals surface area contributed by atoms with Crippen molar-refractivity contribution in [2.45, 2.75) is 13.5 Å². The monoisotopic (exact) mass is 279 g/mol. The second kappa shape index (κ2) is 6.87. The van der Waals surface area contributed by atoms with Gasteiger partial charge in [-0.3, -0.25) is 0 Å². The molecule has 0 unspecified atom stereocenters. The Labute approximate surface area is 96.4 Å². The van der Waals surface area contributed by atoms with Gasteiger partial charge in [-0.2, -0.15) is 11.8 Å². The number of thioether (sulfide) groups is 1. The molecule has 0 aromatic carbocycles. The molecule has 0 saturated carbocycles. The lowest BCUT2D eigenvalue weighted by molar-refractivity contribution is 0.741. The maximum absolute atomic E-state index is 3.44. The van der Waals surface area contributed by atoms with Crippen molar-refractivity contribution in [1.29, 1.82) is 0 Å². The first-order chi connectivity index (χ1) is 6.33. The summed E-state index contributed by atoms with van der Waals surface area (Å²) in [4.78, 5) is 1.40. The highest BCUT2D eigenvalue weighted by Crippen LogP contribution is 2.19. The largest absolute Gasteiger partial charge is 0.311 e. The van der Waals surface area contributed by atoms with Crippen LogP contribution >= 0.6 is 39.0 Å². The molecule has 0 aliphatic heterocycles. The lowest BCUT2D eigenvalue weighted by Gasteiger charge is -2.00. The fourth-order valence-electron chi connectivity index (χ4n) is 0.947. The van der Waals surface area contributed by atoms with Crippen LogP contribution in [0.3, 0.4) is 0 Å². The molecular weight excluding hydrogens is 266 g/mol. The third kappa shape index (κ3) is 5.05. The van der Waals surface area contributed by atoms with E-state index in [1.54, 1.807) is 11.3 Å². The molecule has 0 fully saturated rings. The molecule has 1 aromatic rings. The second-order valence-electron chi connectivity index (χ2n) is 2.60. The van der Waals surface area contributed by atoms with Crippen LogP contribution in [0.15, 0.2) is 15.9 Å². The summed E-state index contributed by atoms with van der Waals surface area (Å²) in [6.45, 7) is 4.30. The van der Waals surface area contributed by atoms with Gasteiger partial charge in [0.25, 0.3) is 0 Å². The van der Waals surface area contributed by atoms with Gasteiger partial charge < -0.3 is 5.32 Å². The fraction of sp³-hybridized carbons (Fsp3) is 0.556. The van der Waals surface area contributed by atoms with Gasteiger partial charge in [0.1, 0.15) is 0 Å². The molecule has 1 nitrogen and oxygen atoms in total. The summed E-state index contributed by atoms with van der Waals surface area (Å²) >= 11 is 7.22. The summed E-state index contributed by atoms with van der Waals surface area (Å²) in [5.74, 6) is 2.43. The summed E-state index contributed by atoms with van der Waals surface area (Å²) in [6, 6.07) is 2.17. The number of hydrogen-bond acceptors (Lipinski definition) is 3. The molecule has 0 aliphatic rings. The van der Waals surface area contributed by atoms with E-state index in [-0.39, 0.29) is 0 Å². The highest BCUT2D eigenvalue weighted by Gasteiger charge is 1.95. The standard InChI is InChI=1S/C9H14BrNS2/c1-2-12-4-3-11-6-9-5-8(10)7-13-9/h5,7,11H,2-4,6H2,1H3. The van der Waals surface area contributed by atoms with Crippen molar-refractivity contribution in [1.82, 2.24) is 5.32 Å². The Morgan fingerprint density at radius 1 is 1.62 bits per heavy atom. The molecule has 1 rings (SSSR count). The first-order valence-electron chi connectivity index (χ1n) is 4.34. The Bertz CT molecular complexity index is 237. The molecule has 0 atom stereocenters. The van der Waals surface area contributed by atoms with E-state index in [0.29, 0.717) is 0 Å². The average molecular weight is 280 g/mol. The highest BCUT2D eigenvalue weighted by molar-refractivity contribution is 9.10. The molecule has 1 aromatic heterocycles. The summed E-state index contributed by atoms with van der Waals surface area (Å²) in [6.07, 6.45) is 0. The molecule has 1 N–H and O–H groups in total. The predicted molar refractivity (Wildman–Crippen MR) is 66.7 cm³/mol. The topological polar surface area (TPSA) is 12.0 Å². The number of hydrogen-bond donors (Lipinski definition) is 1. The molecule has 0 spiro atoms. The van der Waals surface area contributed by atoms with E-state index in [4.69, 9.17) is 0 Å². The van der Waals surface area contributed by atoms with Gasteiger partial charge >= 0.3 is 0 Å². The minimum Gasteiger partial charge on any atom is -0.311 e. The number of nitrogens with one attached hydrogen (secondary N) is 1. The van der Waals surface area contributed by atoms with Gasteiger partial charge in [0, 0.05) is 33.6 Å². The molecule has 0 radical (unpaired) electrons. The summed E-state index contributed by atoms with van der Waals surface area (Å²) < 4.78 is 1.19. The Morgan fingerprint density at radius 3 is 3.08 bits per heavy atom. The molecule has 0 bridgehead atoms. The molecule has 1 heterocycles. The van der Waals surface area contributed by atoms with Crippen LogP contribution in [-0.4, -0.2) is 18.1 Å². The Morgan fingerprint density at radius 2 is 2.46 bits per heavy atom. The zero-order chi connectivity index (χ0) is 9.52. The highest BCUT2D eigenvalue weighted by atomic mass is 79.9. The lowest BCUT2D eigenvalue weighted by Crippen LogP contribution is -2.15. The van der Waals surface area contributed by atoms with Crippen LogP contribution < -0.4 is 5.32 Å². The Balaban J connectivity index is 2.06. The van der Waals surface area contributed by atoms with Crippen molar-refractivity contribution in [3.8, 4) is 0 Å². The average Bonchev–Trinajstić information content (AvgIpc) is 2.51. The van der Waals surface area contributed by atoms with Gasteiger partial charge in [0.15, 0.2) is 0 Å². The van der Waals surface area contributed by atoms with E-state index in [1.165, 1.54) is 20.9 Å². The third-order valence-electron chi connectivity index (χ3n) is 1.55. The van der Waals surface area contributed by atoms with Crippen LogP contribution in [0.4, 0.5) is 0 Å². The number of halogens is 1. The van der Waals surface area contributed by atoms with Gasteiger partial charge in [-0.1, -0.05) is 6.92 Å². The van der Waals surface area contributed by atoms with E-state index in [0.717, 1.165) is 13.1 Å².